The molecule has 35 heavy (non-hydrogen) atoms. The topological polar surface area (TPSA) is 66.5 Å². The number of carbonyl (C=O) groups is 3. The smallest absolute Gasteiger partial charge is 0.273 e. The average Bonchev–Trinajstić information content (AvgIpc) is 2.82. The molecule has 172 valence electrons. The summed E-state index contributed by atoms with van der Waals surface area (Å²) in [6.45, 7) is 4.14. The number of amides is 4. The summed E-state index contributed by atoms with van der Waals surface area (Å²) in [5.41, 5.74) is 5.62. The van der Waals surface area contributed by atoms with Gasteiger partial charge in [0.2, 0.25) is 0 Å². The minimum Gasteiger partial charge on any atom is -0.273 e. The molecule has 4 amide bonds. The standard InChI is InChI=1S/C30H24N2O3/c1-19-14-20(2)16-21(15-19)17-23-13-12-22-8-6-7-11-25(22)26(23)18-27-28(33)31-30(35)32(29(27)34)24-9-4-3-5-10-24/h3-16,18H,17H2,1-2H3,(H,31,33,35)/b27-18+. The molecule has 1 fully saturated rings. The Balaban J connectivity index is 1.65. The van der Waals surface area contributed by atoms with Crippen molar-refractivity contribution in [2.45, 2.75) is 20.3 Å². The lowest BCUT2D eigenvalue weighted by atomic mass is 9.91. The first kappa shape index (κ1) is 22.3. The van der Waals surface area contributed by atoms with Crippen LogP contribution >= 0.6 is 0 Å². The number of hydrogen-bond acceptors (Lipinski definition) is 3. The molecule has 0 bridgehead atoms. The van der Waals surface area contributed by atoms with Gasteiger partial charge in [-0.15, -0.1) is 0 Å². The monoisotopic (exact) mass is 460 g/mol. The minimum absolute atomic E-state index is 0.0773. The van der Waals surface area contributed by atoms with Crippen molar-refractivity contribution in [2.75, 3.05) is 4.90 Å². The Labute approximate surface area is 203 Å². The summed E-state index contributed by atoms with van der Waals surface area (Å²) in [4.78, 5) is 39.8. The van der Waals surface area contributed by atoms with Gasteiger partial charge in [-0.1, -0.05) is 83.9 Å². The van der Waals surface area contributed by atoms with Gasteiger partial charge >= 0.3 is 6.03 Å². The van der Waals surface area contributed by atoms with Crippen molar-refractivity contribution in [3.8, 4) is 0 Å². The number of anilines is 1. The highest BCUT2D eigenvalue weighted by Gasteiger charge is 2.37. The number of rotatable bonds is 4. The summed E-state index contributed by atoms with van der Waals surface area (Å²) in [7, 11) is 0. The fourth-order valence-corrected chi connectivity index (χ4v) is 4.67. The summed E-state index contributed by atoms with van der Waals surface area (Å²) >= 11 is 0. The largest absolute Gasteiger partial charge is 0.335 e. The van der Waals surface area contributed by atoms with E-state index in [0.717, 1.165) is 32.4 Å². The van der Waals surface area contributed by atoms with E-state index in [0.29, 0.717) is 12.1 Å². The van der Waals surface area contributed by atoms with Crippen LogP contribution in [-0.4, -0.2) is 17.8 Å². The number of nitrogens with one attached hydrogen (secondary N) is 1. The molecule has 0 aromatic heterocycles. The molecule has 0 saturated carbocycles. The quantitative estimate of drug-likeness (QED) is 0.313. The molecular weight excluding hydrogens is 436 g/mol. The maximum Gasteiger partial charge on any atom is 0.335 e. The van der Waals surface area contributed by atoms with Crippen LogP contribution in [-0.2, 0) is 16.0 Å². The Bertz CT molecular complexity index is 1500. The first-order valence-electron chi connectivity index (χ1n) is 11.4. The Morgan fingerprint density at radius 2 is 1.49 bits per heavy atom. The van der Waals surface area contributed by atoms with Gasteiger partial charge in [0.1, 0.15) is 5.57 Å². The first-order valence-corrected chi connectivity index (χ1v) is 11.4. The molecule has 5 heteroatoms. The van der Waals surface area contributed by atoms with Crippen LogP contribution in [0.1, 0.15) is 27.8 Å². The summed E-state index contributed by atoms with van der Waals surface area (Å²) < 4.78 is 0. The van der Waals surface area contributed by atoms with Crippen LogP contribution in [0.5, 0.6) is 0 Å². The fourth-order valence-electron chi connectivity index (χ4n) is 4.67. The highest BCUT2D eigenvalue weighted by molar-refractivity contribution is 6.39. The van der Waals surface area contributed by atoms with Crippen molar-refractivity contribution >= 4 is 40.4 Å². The third-order valence-electron chi connectivity index (χ3n) is 6.14. The zero-order valence-electron chi connectivity index (χ0n) is 19.5. The maximum atomic E-state index is 13.4. The number of imide groups is 2. The second-order valence-electron chi connectivity index (χ2n) is 8.83. The van der Waals surface area contributed by atoms with Crippen LogP contribution in [0.2, 0.25) is 0 Å². The number of nitrogens with zero attached hydrogens (tertiary/aromatic N) is 1. The molecule has 0 spiro atoms. The van der Waals surface area contributed by atoms with Crippen LogP contribution in [0.25, 0.3) is 16.8 Å². The number of fused-ring (bicyclic) bond motifs is 1. The normalized spacial score (nSPS) is 15.1. The van der Waals surface area contributed by atoms with Crippen molar-refractivity contribution in [3.63, 3.8) is 0 Å². The number of para-hydroxylation sites is 1. The van der Waals surface area contributed by atoms with Crippen molar-refractivity contribution < 1.29 is 14.4 Å². The van der Waals surface area contributed by atoms with Crippen molar-refractivity contribution in [1.29, 1.82) is 0 Å². The summed E-state index contributed by atoms with van der Waals surface area (Å²) in [6, 6.07) is 26.2. The van der Waals surface area contributed by atoms with E-state index in [-0.39, 0.29) is 5.57 Å². The van der Waals surface area contributed by atoms with E-state index in [1.165, 1.54) is 11.1 Å². The molecule has 0 atom stereocenters. The maximum absolute atomic E-state index is 13.4. The van der Waals surface area contributed by atoms with Gasteiger partial charge in [0.15, 0.2) is 0 Å². The summed E-state index contributed by atoms with van der Waals surface area (Å²) in [6.07, 6.45) is 2.27. The highest BCUT2D eigenvalue weighted by atomic mass is 16.2. The molecule has 1 N–H and O–H groups in total. The zero-order chi connectivity index (χ0) is 24.5. The molecule has 0 aliphatic carbocycles. The number of benzene rings is 4. The van der Waals surface area contributed by atoms with Crippen LogP contribution < -0.4 is 10.2 Å². The van der Waals surface area contributed by atoms with Gasteiger partial charge in [-0.25, -0.2) is 9.69 Å². The van der Waals surface area contributed by atoms with Gasteiger partial charge in [0.25, 0.3) is 11.8 Å². The van der Waals surface area contributed by atoms with Crippen LogP contribution in [0.3, 0.4) is 0 Å². The predicted molar refractivity (Wildman–Crippen MR) is 138 cm³/mol. The zero-order valence-corrected chi connectivity index (χ0v) is 19.5. The minimum atomic E-state index is -0.753. The summed E-state index contributed by atoms with van der Waals surface area (Å²) in [5, 5.41) is 4.26. The summed E-state index contributed by atoms with van der Waals surface area (Å²) in [5.74, 6) is -1.34. The number of carbonyl (C=O) groups excluding carboxylic acids is 3. The Morgan fingerprint density at radius 1 is 0.800 bits per heavy atom. The molecule has 0 radical (unpaired) electrons. The van der Waals surface area contributed by atoms with Crippen LogP contribution in [0.15, 0.2) is 90.5 Å². The van der Waals surface area contributed by atoms with Crippen molar-refractivity contribution in [2.24, 2.45) is 0 Å². The molecule has 1 saturated heterocycles. The van der Waals surface area contributed by atoms with Crippen LogP contribution in [0.4, 0.5) is 10.5 Å². The van der Waals surface area contributed by atoms with Gasteiger partial charge in [-0.3, -0.25) is 14.9 Å². The molecule has 1 aliphatic rings. The second kappa shape index (κ2) is 9.03. The number of hydrogen-bond donors (Lipinski definition) is 1. The Kier molecular flexibility index (Phi) is 5.75. The van der Waals surface area contributed by atoms with E-state index in [2.05, 4.69) is 43.4 Å². The average molecular weight is 461 g/mol. The van der Waals surface area contributed by atoms with E-state index >= 15 is 0 Å². The van der Waals surface area contributed by atoms with Crippen molar-refractivity contribution in [1.82, 2.24) is 5.32 Å². The number of aryl methyl sites for hydroxylation is 2. The van der Waals surface area contributed by atoms with Crippen molar-refractivity contribution in [3.05, 3.63) is 118 Å². The third kappa shape index (κ3) is 4.36. The third-order valence-corrected chi connectivity index (χ3v) is 6.14. The Morgan fingerprint density at radius 3 is 2.23 bits per heavy atom. The molecular formula is C30H24N2O3. The van der Waals surface area contributed by atoms with Gasteiger partial charge in [0.05, 0.1) is 5.69 Å². The van der Waals surface area contributed by atoms with Gasteiger partial charge in [-0.05, 0) is 65.9 Å². The molecule has 5 rings (SSSR count). The highest BCUT2D eigenvalue weighted by Crippen LogP contribution is 2.29. The molecule has 4 aromatic carbocycles. The second-order valence-corrected chi connectivity index (χ2v) is 8.83. The molecule has 0 unspecified atom stereocenters. The number of barbiturate groups is 1. The Hall–Kier alpha value is -4.51. The molecule has 1 aliphatic heterocycles. The van der Waals surface area contributed by atoms with E-state index < -0.39 is 17.8 Å². The lowest BCUT2D eigenvalue weighted by molar-refractivity contribution is -0.122. The van der Waals surface area contributed by atoms with Gasteiger partial charge < -0.3 is 0 Å². The molecule has 1 heterocycles. The van der Waals surface area contributed by atoms with Crippen LogP contribution in [0, 0.1) is 13.8 Å². The SMILES string of the molecule is Cc1cc(C)cc(Cc2ccc3ccccc3c2/C=C2\C(=O)NC(=O)N(c3ccccc3)C2=O)c1. The molecule has 4 aromatic rings. The van der Waals surface area contributed by atoms with Gasteiger partial charge in [0, 0.05) is 0 Å². The molecule has 5 nitrogen and oxygen atoms in total. The predicted octanol–water partition coefficient (Wildman–Crippen LogP) is 5.71. The van der Waals surface area contributed by atoms with Gasteiger partial charge in [-0.2, -0.15) is 0 Å². The lowest BCUT2D eigenvalue weighted by Gasteiger charge is -2.26. The van der Waals surface area contributed by atoms with E-state index in [4.69, 9.17) is 0 Å². The van der Waals surface area contributed by atoms with E-state index in [1.54, 1.807) is 36.4 Å². The van der Waals surface area contributed by atoms with E-state index in [9.17, 15) is 14.4 Å². The first-order chi connectivity index (χ1) is 16.9. The number of urea groups is 1. The van der Waals surface area contributed by atoms with E-state index in [1.807, 2.05) is 30.3 Å². The fraction of sp³-hybridized carbons (Fsp3) is 0.100. The lowest BCUT2D eigenvalue weighted by Crippen LogP contribution is -2.54.